The number of halogens is 2. The average Bonchev–Trinajstić information content (AvgIpc) is 3.13. The van der Waals surface area contributed by atoms with Crippen molar-refractivity contribution in [2.24, 2.45) is 0 Å². The maximum absolute atomic E-state index is 13.4. The van der Waals surface area contributed by atoms with E-state index in [2.05, 4.69) is 4.98 Å². The van der Waals surface area contributed by atoms with Crippen molar-refractivity contribution in [2.75, 3.05) is 11.4 Å². The Morgan fingerprint density at radius 2 is 1.89 bits per heavy atom. The fraction of sp³-hybridized carbons (Fsp3) is 0.278. The number of nitro benzene ring substituents is 1. The summed E-state index contributed by atoms with van der Waals surface area (Å²) in [6.45, 7) is 0.433. The summed E-state index contributed by atoms with van der Waals surface area (Å²) in [5.74, 6) is -0.389. The summed E-state index contributed by atoms with van der Waals surface area (Å²) in [4.78, 5) is 43.4. The fourth-order valence-electron chi connectivity index (χ4n) is 3.98. The molecular weight excluding hydrogens is 407 g/mol. The van der Waals surface area contributed by atoms with Crippen molar-refractivity contribution in [3.05, 3.63) is 62.4 Å². The highest BCUT2D eigenvalue weighted by Crippen LogP contribution is 2.42. The summed E-state index contributed by atoms with van der Waals surface area (Å²) < 4.78 is 0. The number of carbonyl (C=O) groups is 2. The number of benzene rings is 1. The Kier molecular flexibility index (Phi) is 4.47. The zero-order valence-corrected chi connectivity index (χ0v) is 16.0. The van der Waals surface area contributed by atoms with E-state index >= 15 is 0 Å². The zero-order valence-electron chi connectivity index (χ0n) is 14.5. The molecule has 3 heterocycles. The van der Waals surface area contributed by atoms with Crippen LogP contribution in [0.3, 0.4) is 0 Å². The molecule has 0 bridgehead atoms. The number of non-ortho nitro benzene ring substituents is 1. The van der Waals surface area contributed by atoms with Gasteiger partial charge in [-0.25, -0.2) is 14.7 Å². The highest BCUT2D eigenvalue weighted by molar-refractivity contribution is 6.33. The first-order valence-electron chi connectivity index (χ1n) is 8.54. The van der Waals surface area contributed by atoms with Gasteiger partial charge in [-0.1, -0.05) is 35.3 Å². The van der Waals surface area contributed by atoms with Gasteiger partial charge in [0.05, 0.1) is 10.6 Å². The van der Waals surface area contributed by atoms with Crippen LogP contribution >= 0.6 is 23.2 Å². The number of fused-ring (bicyclic) bond motifs is 1. The minimum Gasteiger partial charge on any atom is -0.309 e. The number of rotatable bonds is 4. The molecule has 10 heteroatoms. The van der Waals surface area contributed by atoms with E-state index < -0.39 is 16.5 Å². The van der Waals surface area contributed by atoms with Crippen molar-refractivity contribution in [1.29, 1.82) is 0 Å². The molecular formula is C18H14Cl2N4O4. The van der Waals surface area contributed by atoms with Crippen LogP contribution in [0.5, 0.6) is 0 Å². The predicted octanol–water partition coefficient (Wildman–Crippen LogP) is 3.84. The van der Waals surface area contributed by atoms with Gasteiger partial charge in [0, 0.05) is 25.1 Å². The first kappa shape index (κ1) is 18.6. The number of nitro groups is 1. The van der Waals surface area contributed by atoms with Gasteiger partial charge in [0.1, 0.15) is 15.8 Å². The van der Waals surface area contributed by atoms with Crippen molar-refractivity contribution in [1.82, 2.24) is 9.88 Å². The summed E-state index contributed by atoms with van der Waals surface area (Å²) >= 11 is 11.9. The molecule has 0 saturated carbocycles. The van der Waals surface area contributed by atoms with Gasteiger partial charge >= 0.3 is 6.03 Å². The first-order chi connectivity index (χ1) is 13.3. The van der Waals surface area contributed by atoms with Crippen molar-refractivity contribution in [3.8, 4) is 0 Å². The molecule has 2 saturated heterocycles. The number of anilines is 1. The molecule has 0 radical (unpaired) electrons. The minimum atomic E-state index is -1.07. The number of aromatic nitrogens is 1. The summed E-state index contributed by atoms with van der Waals surface area (Å²) in [6.07, 6.45) is 1.35. The summed E-state index contributed by atoms with van der Waals surface area (Å²) in [5.41, 5.74) is -0.253. The Morgan fingerprint density at radius 1 is 1.18 bits per heavy atom. The van der Waals surface area contributed by atoms with E-state index in [0.29, 0.717) is 24.9 Å². The quantitative estimate of drug-likeness (QED) is 0.324. The lowest BCUT2D eigenvalue weighted by Crippen LogP contribution is -2.47. The first-order valence-corrected chi connectivity index (χ1v) is 9.30. The van der Waals surface area contributed by atoms with Crippen LogP contribution in [0.4, 0.5) is 16.2 Å². The van der Waals surface area contributed by atoms with Gasteiger partial charge in [0.25, 0.3) is 11.6 Å². The number of urea groups is 1. The molecule has 1 aromatic carbocycles. The van der Waals surface area contributed by atoms with Crippen LogP contribution in [0.15, 0.2) is 36.4 Å². The molecule has 2 aliphatic heterocycles. The molecule has 28 heavy (non-hydrogen) atoms. The summed E-state index contributed by atoms with van der Waals surface area (Å²) in [6, 6.07) is 8.49. The monoisotopic (exact) mass is 420 g/mol. The number of imide groups is 1. The molecule has 0 spiro atoms. The van der Waals surface area contributed by atoms with Crippen LogP contribution in [-0.4, -0.2) is 38.8 Å². The van der Waals surface area contributed by atoms with Crippen LogP contribution in [0.25, 0.3) is 0 Å². The van der Waals surface area contributed by atoms with Gasteiger partial charge in [-0.15, -0.1) is 0 Å². The van der Waals surface area contributed by atoms with E-state index in [1.54, 1.807) is 12.1 Å². The zero-order chi connectivity index (χ0) is 20.1. The highest BCUT2D eigenvalue weighted by Gasteiger charge is 2.59. The number of carbonyl (C=O) groups excluding carboxylic acids is 2. The molecule has 144 valence electrons. The van der Waals surface area contributed by atoms with Crippen molar-refractivity contribution < 1.29 is 14.5 Å². The van der Waals surface area contributed by atoms with E-state index in [1.165, 1.54) is 29.2 Å². The van der Waals surface area contributed by atoms with Gasteiger partial charge < -0.3 is 4.90 Å². The van der Waals surface area contributed by atoms with E-state index in [0.717, 1.165) is 4.90 Å². The summed E-state index contributed by atoms with van der Waals surface area (Å²) in [7, 11) is 0. The number of hydrogen-bond acceptors (Lipinski definition) is 5. The Labute approximate surface area is 169 Å². The normalized spacial score (nSPS) is 21.4. The minimum absolute atomic E-state index is 0.0558. The molecule has 3 amide bonds. The maximum Gasteiger partial charge on any atom is 0.332 e. The second-order valence-corrected chi connectivity index (χ2v) is 7.56. The average molecular weight is 421 g/mol. The fourth-order valence-corrected chi connectivity index (χ4v) is 4.43. The second kappa shape index (κ2) is 6.72. The van der Waals surface area contributed by atoms with Gasteiger partial charge in [0.15, 0.2) is 0 Å². The lowest BCUT2D eigenvalue weighted by Gasteiger charge is -2.28. The Morgan fingerprint density at radius 3 is 2.57 bits per heavy atom. The standard InChI is InChI=1S/C18H14Cl2N4O4/c19-14-8-13(9-15(20)21-14)23-16(25)18(5-2-6-22(18)17(23)26)10-11-3-1-4-12(7-11)24(27)28/h1,3-4,7-9H,2,5-6,10H2. The van der Waals surface area contributed by atoms with Gasteiger partial charge in [-0.2, -0.15) is 0 Å². The molecule has 1 aromatic heterocycles. The molecule has 1 unspecified atom stereocenters. The molecule has 8 nitrogen and oxygen atoms in total. The number of pyridine rings is 1. The third kappa shape index (κ3) is 2.89. The number of nitrogens with zero attached hydrogens (tertiary/aromatic N) is 4. The molecule has 0 aliphatic carbocycles. The SMILES string of the molecule is O=C1N(c2cc(Cl)nc(Cl)c2)C(=O)C2(Cc3cccc([N+](=O)[O-])c3)CCCN12. The third-order valence-corrected chi connectivity index (χ3v) is 5.52. The largest absolute Gasteiger partial charge is 0.332 e. The molecule has 4 rings (SSSR count). The van der Waals surface area contributed by atoms with Crippen LogP contribution in [0, 0.1) is 10.1 Å². The number of amides is 3. The van der Waals surface area contributed by atoms with E-state index in [1.807, 2.05) is 0 Å². The van der Waals surface area contributed by atoms with Gasteiger partial charge in [-0.05, 0) is 30.5 Å². The molecule has 1 atom stereocenters. The molecule has 2 fully saturated rings. The number of hydrogen-bond donors (Lipinski definition) is 0. The Bertz CT molecular complexity index is 995. The third-order valence-electron chi connectivity index (χ3n) is 5.14. The van der Waals surface area contributed by atoms with Crippen LogP contribution in [-0.2, 0) is 11.2 Å². The Hall–Kier alpha value is -2.71. The Balaban J connectivity index is 1.74. The van der Waals surface area contributed by atoms with Crippen LogP contribution < -0.4 is 4.90 Å². The van der Waals surface area contributed by atoms with Gasteiger partial charge in [0.2, 0.25) is 0 Å². The predicted molar refractivity (Wildman–Crippen MR) is 103 cm³/mol. The summed E-state index contributed by atoms with van der Waals surface area (Å²) in [5, 5.41) is 11.2. The van der Waals surface area contributed by atoms with Crippen molar-refractivity contribution >= 4 is 46.5 Å². The lowest BCUT2D eigenvalue weighted by molar-refractivity contribution is -0.384. The van der Waals surface area contributed by atoms with Crippen LogP contribution in [0.1, 0.15) is 18.4 Å². The van der Waals surface area contributed by atoms with Crippen LogP contribution in [0.2, 0.25) is 10.3 Å². The lowest BCUT2D eigenvalue weighted by atomic mass is 9.88. The topological polar surface area (TPSA) is 96.6 Å². The van der Waals surface area contributed by atoms with E-state index in [9.17, 15) is 19.7 Å². The van der Waals surface area contributed by atoms with E-state index in [4.69, 9.17) is 23.2 Å². The van der Waals surface area contributed by atoms with Crippen molar-refractivity contribution in [2.45, 2.75) is 24.8 Å². The highest BCUT2D eigenvalue weighted by atomic mass is 35.5. The second-order valence-electron chi connectivity index (χ2n) is 6.78. The van der Waals surface area contributed by atoms with Crippen molar-refractivity contribution in [3.63, 3.8) is 0 Å². The van der Waals surface area contributed by atoms with Gasteiger partial charge in [-0.3, -0.25) is 14.9 Å². The van der Waals surface area contributed by atoms with E-state index in [-0.39, 0.29) is 34.0 Å². The molecule has 2 aromatic rings. The maximum atomic E-state index is 13.4. The molecule has 2 aliphatic rings. The smallest absolute Gasteiger partial charge is 0.309 e. The molecule has 0 N–H and O–H groups in total.